The quantitative estimate of drug-likeness (QED) is 0.892. The van der Waals surface area contributed by atoms with Gasteiger partial charge in [0.1, 0.15) is 0 Å². The van der Waals surface area contributed by atoms with Gasteiger partial charge >= 0.3 is 0 Å². The number of rotatable bonds is 4. The summed E-state index contributed by atoms with van der Waals surface area (Å²) in [6.07, 6.45) is 2.82. The fourth-order valence-corrected chi connectivity index (χ4v) is 2.54. The Morgan fingerprint density at radius 1 is 0.955 bits per heavy atom. The van der Waals surface area contributed by atoms with Crippen molar-refractivity contribution in [3.63, 3.8) is 0 Å². The third-order valence-corrected chi connectivity index (χ3v) is 3.79. The molecule has 2 aromatic carbocycles. The maximum absolute atomic E-state index is 6.32. The molecule has 0 bridgehead atoms. The molecule has 0 saturated heterocycles. The van der Waals surface area contributed by atoms with E-state index in [2.05, 4.69) is 24.3 Å². The van der Waals surface area contributed by atoms with E-state index in [-0.39, 0.29) is 18.4 Å². The van der Waals surface area contributed by atoms with Crippen molar-refractivity contribution in [2.75, 3.05) is 13.2 Å². The van der Waals surface area contributed by atoms with Gasteiger partial charge in [0.15, 0.2) is 11.5 Å². The van der Waals surface area contributed by atoms with Gasteiger partial charge in [-0.2, -0.15) is 0 Å². The van der Waals surface area contributed by atoms with Crippen molar-refractivity contribution in [1.82, 2.24) is 0 Å². The summed E-state index contributed by atoms with van der Waals surface area (Å²) in [6, 6.07) is 16.5. The van der Waals surface area contributed by atoms with E-state index in [1.807, 2.05) is 24.3 Å². The highest BCUT2D eigenvalue weighted by Gasteiger charge is 2.13. The molecule has 3 rings (SSSR count). The lowest BCUT2D eigenvalue weighted by atomic mass is 9.99. The number of ether oxygens (including phenoxy) is 2. The smallest absolute Gasteiger partial charge is 0.161 e. The van der Waals surface area contributed by atoms with E-state index in [4.69, 9.17) is 15.2 Å². The molecule has 0 aromatic heterocycles. The van der Waals surface area contributed by atoms with Crippen LogP contribution >= 0.6 is 0 Å². The van der Waals surface area contributed by atoms with Crippen LogP contribution in [0.4, 0.5) is 0 Å². The van der Waals surface area contributed by atoms with E-state index in [0.717, 1.165) is 36.3 Å². The maximum atomic E-state index is 6.32. The van der Waals surface area contributed by atoms with Crippen molar-refractivity contribution in [2.24, 2.45) is 5.73 Å². The van der Waals surface area contributed by atoms with Crippen LogP contribution in [-0.2, 0) is 6.42 Å². The Balaban J connectivity index is 0.00000176. The van der Waals surface area contributed by atoms with E-state index in [0.29, 0.717) is 13.2 Å². The molecule has 0 amide bonds. The van der Waals surface area contributed by atoms with Crippen LogP contribution in [0.25, 0.3) is 0 Å². The Hall–Kier alpha value is -1.71. The topological polar surface area (TPSA) is 44.5 Å². The highest BCUT2D eigenvalue weighted by atomic mass is 35.5. The molecule has 0 aliphatic carbocycles. The lowest BCUT2D eigenvalue weighted by Crippen LogP contribution is -3.00. The minimum absolute atomic E-state index is 0. The standard InChI is InChI=1S/C18H21NO2.ClH/c19-16(9-7-14-5-2-1-3-6-14)15-8-10-17-18(13-15)21-12-4-11-20-17;/h1-3,5-6,8,10,13,16H,4,7,9,11-12,19H2;1H/p-1. The van der Waals surface area contributed by atoms with Gasteiger partial charge in [0, 0.05) is 12.5 Å². The molecule has 0 fully saturated rings. The van der Waals surface area contributed by atoms with Crippen LogP contribution in [0.3, 0.4) is 0 Å². The predicted octanol–water partition coefficient (Wildman–Crippen LogP) is 0.484. The SMILES string of the molecule is NC(CCc1ccccc1)c1ccc2c(c1)OCCCO2.[Cl-]. The van der Waals surface area contributed by atoms with Crippen LogP contribution < -0.4 is 27.6 Å². The minimum Gasteiger partial charge on any atom is -1.00 e. The van der Waals surface area contributed by atoms with Gasteiger partial charge in [-0.05, 0) is 36.1 Å². The summed E-state index contributed by atoms with van der Waals surface area (Å²) >= 11 is 0. The molecule has 3 nitrogen and oxygen atoms in total. The van der Waals surface area contributed by atoms with Crippen molar-refractivity contribution in [2.45, 2.75) is 25.3 Å². The second kappa shape index (κ2) is 8.06. The molecule has 118 valence electrons. The molecular formula is C18H21ClNO2-. The number of aryl methyl sites for hydroxylation is 1. The summed E-state index contributed by atoms with van der Waals surface area (Å²) in [5, 5.41) is 0. The predicted molar refractivity (Wildman–Crippen MR) is 83.7 cm³/mol. The molecule has 0 spiro atoms. The summed E-state index contributed by atoms with van der Waals surface area (Å²) < 4.78 is 11.4. The van der Waals surface area contributed by atoms with Gasteiger partial charge in [0.25, 0.3) is 0 Å². The van der Waals surface area contributed by atoms with E-state index in [1.165, 1.54) is 5.56 Å². The van der Waals surface area contributed by atoms with Gasteiger partial charge < -0.3 is 27.6 Å². The van der Waals surface area contributed by atoms with Gasteiger partial charge in [0.05, 0.1) is 13.2 Å². The zero-order chi connectivity index (χ0) is 14.5. The number of hydrogen-bond donors (Lipinski definition) is 1. The van der Waals surface area contributed by atoms with Crippen LogP contribution in [0.1, 0.15) is 30.0 Å². The monoisotopic (exact) mass is 318 g/mol. The fourth-order valence-electron chi connectivity index (χ4n) is 2.54. The number of fused-ring (bicyclic) bond motifs is 1. The number of nitrogens with two attached hydrogens (primary N) is 1. The molecular weight excluding hydrogens is 298 g/mol. The normalized spacial score (nSPS) is 14.6. The highest BCUT2D eigenvalue weighted by molar-refractivity contribution is 5.44. The molecule has 0 saturated carbocycles. The van der Waals surface area contributed by atoms with Gasteiger partial charge in [-0.15, -0.1) is 0 Å². The average molecular weight is 319 g/mol. The largest absolute Gasteiger partial charge is 1.00 e. The van der Waals surface area contributed by atoms with Crippen LogP contribution in [-0.4, -0.2) is 13.2 Å². The Kier molecular flexibility index (Phi) is 6.10. The van der Waals surface area contributed by atoms with Gasteiger partial charge in [-0.1, -0.05) is 36.4 Å². The summed E-state index contributed by atoms with van der Waals surface area (Å²) in [6.45, 7) is 1.42. The molecule has 22 heavy (non-hydrogen) atoms. The number of hydrogen-bond acceptors (Lipinski definition) is 3. The molecule has 0 radical (unpaired) electrons. The zero-order valence-corrected chi connectivity index (χ0v) is 13.3. The third kappa shape index (κ3) is 4.15. The fraction of sp³-hybridized carbons (Fsp3) is 0.333. The van der Waals surface area contributed by atoms with E-state index < -0.39 is 0 Å². The van der Waals surface area contributed by atoms with Crippen LogP contribution in [0.2, 0.25) is 0 Å². The van der Waals surface area contributed by atoms with Crippen molar-refractivity contribution >= 4 is 0 Å². The first-order valence-electron chi connectivity index (χ1n) is 7.52. The lowest BCUT2D eigenvalue weighted by molar-refractivity contribution is -0.00000523. The molecule has 1 heterocycles. The molecule has 1 unspecified atom stereocenters. The molecule has 2 N–H and O–H groups in total. The van der Waals surface area contributed by atoms with Gasteiger partial charge in [0.2, 0.25) is 0 Å². The van der Waals surface area contributed by atoms with Crippen LogP contribution in [0, 0.1) is 0 Å². The second-order valence-electron chi connectivity index (χ2n) is 5.39. The Labute approximate surface area is 137 Å². The lowest BCUT2D eigenvalue weighted by Gasteiger charge is -2.15. The maximum Gasteiger partial charge on any atom is 0.161 e. The average Bonchev–Trinajstić information content (AvgIpc) is 2.78. The van der Waals surface area contributed by atoms with E-state index in [1.54, 1.807) is 0 Å². The second-order valence-corrected chi connectivity index (χ2v) is 5.39. The zero-order valence-electron chi connectivity index (χ0n) is 12.5. The third-order valence-electron chi connectivity index (χ3n) is 3.79. The molecule has 4 heteroatoms. The first kappa shape index (κ1) is 16.7. The van der Waals surface area contributed by atoms with Gasteiger partial charge in [-0.25, -0.2) is 0 Å². The van der Waals surface area contributed by atoms with Crippen molar-refractivity contribution < 1.29 is 21.9 Å². The minimum atomic E-state index is 0. The molecule has 2 aromatic rings. The Bertz CT molecular complexity index is 589. The highest BCUT2D eigenvalue weighted by Crippen LogP contribution is 2.32. The van der Waals surface area contributed by atoms with Crippen molar-refractivity contribution in [3.8, 4) is 11.5 Å². The van der Waals surface area contributed by atoms with Gasteiger partial charge in [-0.3, -0.25) is 0 Å². The first-order chi connectivity index (χ1) is 10.3. The Morgan fingerprint density at radius 3 is 2.45 bits per heavy atom. The summed E-state index contributed by atoms with van der Waals surface area (Å²) in [5.41, 5.74) is 8.75. The Morgan fingerprint density at radius 2 is 1.68 bits per heavy atom. The first-order valence-corrected chi connectivity index (χ1v) is 7.52. The number of halogens is 1. The molecule has 1 aliphatic heterocycles. The molecule has 1 aliphatic rings. The number of benzene rings is 2. The summed E-state index contributed by atoms with van der Waals surface area (Å²) in [7, 11) is 0. The van der Waals surface area contributed by atoms with E-state index >= 15 is 0 Å². The van der Waals surface area contributed by atoms with Crippen LogP contribution in [0.5, 0.6) is 11.5 Å². The summed E-state index contributed by atoms with van der Waals surface area (Å²) in [5.74, 6) is 1.65. The molecule has 1 atom stereocenters. The van der Waals surface area contributed by atoms with Crippen molar-refractivity contribution in [1.29, 1.82) is 0 Å². The summed E-state index contributed by atoms with van der Waals surface area (Å²) in [4.78, 5) is 0. The van der Waals surface area contributed by atoms with Crippen LogP contribution in [0.15, 0.2) is 48.5 Å². The van der Waals surface area contributed by atoms with E-state index in [9.17, 15) is 0 Å². The van der Waals surface area contributed by atoms with Crippen molar-refractivity contribution in [3.05, 3.63) is 59.7 Å².